The molecule has 0 bridgehead atoms. The summed E-state index contributed by atoms with van der Waals surface area (Å²) in [5.74, 6) is 0.871. The fourth-order valence-corrected chi connectivity index (χ4v) is 3.49. The normalized spacial score (nSPS) is 15.4. The van der Waals surface area contributed by atoms with Crippen LogP contribution >= 0.6 is 11.6 Å². The molecule has 1 amide bonds. The SMILES string of the molecule is Cc1cc(COc2ncc(C(=O)NC[C@](C)(O)C3CC3)cc2-c2ccc(Cl)cc2)on1. The van der Waals surface area contributed by atoms with Crippen molar-refractivity contribution in [2.75, 3.05) is 6.54 Å². The minimum absolute atomic E-state index is 0.157. The number of nitrogens with zero attached hydrogens (tertiary/aromatic N) is 2. The zero-order chi connectivity index (χ0) is 22.0. The van der Waals surface area contributed by atoms with Crippen LogP contribution in [0.1, 0.15) is 41.6 Å². The standard InChI is InChI=1S/C23H24ClN3O4/c1-14-9-19(31-27-14)12-30-22-20(15-3-7-18(24)8-4-15)10-16(11-25-22)21(28)26-13-23(2,29)17-5-6-17/h3-4,7-11,17,29H,5-6,12-13H2,1-2H3,(H,26,28)/t23-/m0/s1. The van der Waals surface area contributed by atoms with Crippen LogP contribution in [0.15, 0.2) is 47.1 Å². The van der Waals surface area contributed by atoms with Crippen molar-refractivity contribution in [2.24, 2.45) is 5.92 Å². The Morgan fingerprint density at radius 1 is 1.32 bits per heavy atom. The predicted octanol–water partition coefficient (Wildman–Crippen LogP) is 4.17. The van der Waals surface area contributed by atoms with Gasteiger partial charge in [-0.2, -0.15) is 0 Å². The lowest BCUT2D eigenvalue weighted by Crippen LogP contribution is -2.42. The van der Waals surface area contributed by atoms with E-state index in [-0.39, 0.29) is 25.0 Å². The average molecular weight is 442 g/mol. The van der Waals surface area contributed by atoms with E-state index in [1.807, 2.05) is 19.1 Å². The first-order valence-electron chi connectivity index (χ1n) is 10.1. The summed E-state index contributed by atoms with van der Waals surface area (Å²) < 4.78 is 11.0. The third kappa shape index (κ3) is 5.24. The number of nitrogens with one attached hydrogen (secondary N) is 1. The predicted molar refractivity (Wildman–Crippen MR) is 116 cm³/mol. The molecule has 2 heterocycles. The number of aromatic nitrogens is 2. The van der Waals surface area contributed by atoms with Crippen LogP contribution in [0.4, 0.5) is 0 Å². The Balaban J connectivity index is 1.56. The van der Waals surface area contributed by atoms with Crippen molar-refractivity contribution in [2.45, 2.75) is 38.9 Å². The van der Waals surface area contributed by atoms with Crippen LogP contribution in [0.5, 0.6) is 5.88 Å². The Hall–Kier alpha value is -2.90. The third-order valence-electron chi connectivity index (χ3n) is 5.36. The number of benzene rings is 1. The number of halogens is 1. The van der Waals surface area contributed by atoms with Gasteiger partial charge in [0.2, 0.25) is 5.88 Å². The summed E-state index contributed by atoms with van der Waals surface area (Å²) in [6, 6.07) is 10.7. The average Bonchev–Trinajstić information content (AvgIpc) is 3.54. The van der Waals surface area contributed by atoms with Gasteiger partial charge in [0.15, 0.2) is 12.4 Å². The number of amides is 1. The molecule has 1 saturated carbocycles. The van der Waals surface area contributed by atoms with Crippen LogP contribution in [-0.4, -0.2) is 33.3 Å². The second kappa shape index (κ2) is 8.69. The second-order valence-corrected chi connectivity index (χ2v) is 8.56. The molecule has 0 saturated heterocycles. The van der Waals surface area contributed by atoms with Crippen molar-refractivity contribution in [3.05, 3.63) is 64.6 Å². The molecule has 0 radical (unpaired) electrons. The molecule has 31 heavy (non-hydrogen) atoms. The van der Waals surface area contributed by atoms with E-state index in [0.29, 0.717) is 27.8 Å². The van der Waals surface area contributed by atoms with Gasteiger partial charge in [0.05, 0.1) is 16.9 Å². The number of rotatable bonds is 8. The van der Waals surface area contributed by atoms with Gasteiger partial charge in [0.1, 0.15) is 0 Å². The highest BCUT2D eigenvalue weighted by Gasteiger charge is 2.40. The van der Waals surface area contributed by atoms with E-state index in [1.54, 1.807) is 31.2 Å². The molecule has 2 aromatic heterocycles. The van der Waals surface area contributed by atoms with E-state index in [2.05, 4.69) is 15.5 Å². The van der Waals surface area contributed by atoms with E-state index in [4.69, 9.17) is 20.9 Å². The number of pyridine rings is 1. The number of hydrogen-bond acceptors (Lipinski definition) is 6. The first kappa shape index (κ1) is 21.3. The van der Waals surface area contributed by atoms with Gasteiger partial charge in [-0.15, -0.1) is 0 Å². The summed E-state index contributed by atoms with van der Waals surface area (Å²) in [7, 11) is 0. The van der Waals surface area contributed by atoms with Crippen LogP contribution in [0, 0.1) is 12.8 Å². The molecule has 8 heteroatoms. The summed E-state index contributed by atoms with van der Waals surface area (Å²) in [5.41, 5.74) is 1.69. The molecule has 1 aromatic carbocycles. The van der Waals surface area contributed by atoms with E-state index in [0.717, 1.165) is 24.1 Å². The van der Waals surface area contributed by atoms with Crippen LogP contribution in [0.25, 0.3) is 11.1 Å². The summed E-state index contributed by atoms with van der Waals surface area (Å²) >= 11 is 6.02. The lowest BCUT2D eigenvalue weighted by atomic mass is 10.0. The summed E-state index contributed by atoms with van der Waals surface area (Å²) in [5, 5.41) is 17.7. The Morgan fingerprint density at radius 3 is 2.71 bits per heavy atom. The highest BCUT2D eigenvalue weighted by molar-refractivity contribution is 6.30. The van der Waals surface area contributed by atoms with E-state index < -0.39 is 5.60 Å². The zero-order valence-corrected chi connectivity index (χ0v) is 18.1. The smallest absolute Gasteiger partial charge is 0.252 e. The maximum Gasteiger partial charge on any atom is 0.252 e. The second-order valence-electron chi connectivity index (χ2n) is 8.12. The molecule has 0 aliphatic heterocycles. The number of hydrogen-bond donors (Lipinski definition) is 2. The maximum atomic E-state index is 12.7. The van der Waals surface area contributed by atoms with Gasteiger partial charge in [-0.3, -0.25) is 4.79 Å². The van der Waals surface area contributed by atoms with Gasteiger partial charge in [0.25, 0.3) is 5.91 Å². The van der Waals surface area contributed by atoms with Gasteiger partial charge in [-0.1, -0.05) is 28.9 Å². The van der Waals surface area contributed by atoms with Crippen LogP contribution in [0.2, 0.25) is 5.02 Å². The van der Waals surface area contributed by atoms with Crippen molar-refractivity contribution in [1.82, 2.24) is 15.5 Å². The summed E-state index contributed by atoms with van der Waals surface area (Å²) in [6.45, 7) is 3.93. The monoisotopic (exact) mass is 441 g/mol. The van der Waals surface area contributed by atoms with Crippen molar-refractivity contribution < 1.29 is 19.2 Å². The number of carbonyl (C=O) groups is 1. The molecule has 0 spiro atoms. The van der Waals surface area contributed by atoms with Gasteiger partial charge in [0, 0.05) is 29.4 Å². The Morgan fingerprint density at radius 2 is 2.06 bits per heavy atom. The Labute approximate surface area is 185 Å². The quantitative estimate of drug-likeness (QED) is 0.544. The molecule has 2 N–H and O–H groups in total. The number of carbonyl (C=O) groups excluding carboxylic acids is 1. The first-order chi connectivity index (χ1) is 14.8. The van der Waals surface area contributed by atoms with Gasteiger partial charge >= 0.3 is 0 Å². The molecule has 1 fully saturated rings. The number of aryl methyl sites for hydroxylation is 1. The van der Waals surface area contributed by atoms with Crippen molar-refractivity contribution in [3.8, 4) is 17.0 Å². The van der Waals surface area contributed by atoms with E-state index >= 15 is 0 Å². The molecule has 1 atom stereocenters. The highest BCUT2D eigenvalue weighted by atomic mass is 35.5. The van der Waals surface area contributed by atoms with Gasteiger partial charge in [-0.05, 0) is 56.4 Å². The van der Waals surface area contributed by atoms with E-state index in [1.165, 1.54) is 6.20 Å². The lowest BCUT2D eigenvalue weighted by molar-refractivity contribution is 0.0354. The largest absolute Gasteiger partial charge is 0.469 e. The molecular formula is C23H24ClN3O4. The fourth-order valence-electron chi connectivity index (χ4n) is 3.36. The topological polar surface area (TPSA) is 97.5 Å². The molecule has 4 rings (SSSR count). The molecule has 1 aliphatic carbocycles. The van der Waals surface area contributed by atoms with E-state index in [9.17, 15) is 9.90 Å². The highest BCUT2D eigenvalue weighted by Crippen LogP contribution is 2.39. The molecule has 7 nitrogen and oxygen atoms in total. The number of ether oxygens (including phenoxy) is 1. The molecular weight excluding hydrogens is 418 g/mol. The van der Waals surface area contributed by atoms with Crippen molar-refractivity contribution in [1.29, 1.82) is 0 Å². The first-order valence-corrected chi connectivity index (χ1v) is 10.5. The summed E-state index contributed by atoms with van der Waals surface area (Å²) in [4.78, 5) is 17.1. The van der Waals surface area contributed by atoms with Gasteiger partial charge in [-0.25, -0.2) is 4.98 Å². The molecule has 162 valence electrons. The number of aliphatic hydroxyl groups is 1. The molecule has 0 unspecified atom stereocenters. The summed E-state index contributed by atoms with van der Waals surface area (Å²) in [6.07, 6.45) is 3.44. The fraction of sp³-hybridized carbons (Fsp3) is 0.348. The Bertz CT molecular complexity index is 1070. The van der Waals surface area contributed by atoms with Crippen molar-refractivity contribution in [3.63, 3.8) is 0 Å². The van der Waals surface area contributed by atoms with Crippen LogP contribution < -0.4 is 10.1 Å². The zero-order valence-electron chi connectivity index (χ0n) is 17.4. The van der Waals surface area contributed by atoms with Gasteiger partial charge < -0.3 is 19.7 Å². The molecule has 1 aliphatic rings. The Kier molecular flexibility index (Phi) is 5.98. The lowest BCUT2D eigenvalue weighted by Gasteiger charge is -2.23. The third-order valence-corrected chi connectivity index (χ3v) is 5.61. The van der Waals surface area contributed by atoms with Crippen LogP contribution in [-0.2, 0) is 6.61 Å². The molecule has 3 aromatic rings. The minimum Gasteiger partial charge on any atom is -0.469 e. The van der Waals surface area contributed by atoms with Crippen LogP contribution in [0.3, 0.4) is 0 Å². The van der Waals surface area contributed by atoms with Crippen molar-refractivity contribution >= 4 is 17.5 Å². The maximum absolute atomic E-state index is 12.7. The minimum atomic E-state index is -0.902.